The number of methoxy groups -OCH3 is 1. The molecule has 2 N–H and O–H groups in total. The molecule has 1 aromatic rings. The van der Waals surface area contributed by atoms with E-state index in [9.17, 15) is 9.59 Å². The number of halogens is 1. The van der Waals surface area contributed by atoms with E-state index in [1.54, 1.807) is 37.3 Å². The van der Waals surface area contributed by atoms with Crippen LogP contribution in [0.2, 0.25) is 0 Å². The highest BCUT2D eigenvalue weighted by Crippen LogP contribution is 2.24. The van der Waals surface area contributed by atoms with Gasteiger partial charge in [0.05, 0.1) is 18.9 Å². The normalized spacial score (nSPS) is 13.2. The maximum atomic E-state index is 12.4. The van der Waals surface area contributed by atoms with Gasteiger partial charge in [0.25, 0.3) is 5.91 Å². The Hall–Kier alpha value is -2.71. The lowest BCUT2D eigenvalue weighted by Gasteiger charge is -2.16. The Morgan fingerprint density at radius 3 is 2.52 bits per heavy atom. The quantitative estimate of drug-likeness (QED) is 0.161. The molecule has 0 saturated heterocycles. The van der Waals surface area contributed by atoms with Crippen molar-refractivity contribution in [2.24, 2.45) is 5.16 Å². The minimum Gasteiger partial charge on any atom is -0.465 e. The highest BCUT2D eigenvalue weighted by Gasteiger charge is 2.17. The molecule has 0 heterocycles. The van der Waals surface area contributed by atoms with Gasteiger partial charge in [-0.05, 0) is 52.7 Å². The molecular weight excluding hydrogens is 416 g/mol. The molecule has 0 radical (unpaired) electrons. The number of nitrogens with one attached hydrogen (secondary N) is 1. The number of nitrogens with zero attached hydrogens (tertiary/aromatic N) is 1. The van der Waals surface area contributed by atoms with Gasteiger partial charge in [-0.1, -0.05) is 30.8 Å². The largest absolute Gasteiger partial charge is 0.465 e. The van der Waals surface area contributed by atoms with Gasteiger partial charge in [0.1, 0.15) is 0 Å². The summed E-state index contributed by atoms with van der Waals surface area (Å²) in [5, 5.41) is 14.0. The van der Waals surface area contributed by atoms with Crippen LogP contribution in [0.4, 0.5) is 0 Å². The third-order valence-corrected chi connectivity index (χ3v) is 4.60. The molecule has 0 saturated carbocycles. The van der Waals surface area contributed by atoms with E-state index >= 15 is 0 Å². The minimum atomic E-state index is -0.417. The maximum absolute atomic E-state index is 12.4. The van der Waals surface area contributed by atoms with Crippen LogP contribution < -0.4 is 5.32 Å². The summed E-state index contributed by atoms with van der Waals surface area (Å²) in [6, 6.07) is 6.82. The second kappa shape index (κ2) is 11.1. The average Bonchev–Trinajstić information content (AvgIpc) is 2.69. The molecule has 1 amide bonds. The van der Waals surface area contributed by atoms with E-state index in [-0.39, 0.29) is 11.8 Å². The van der Waals surface area contributed by atoms with Crippen LogP contribution in [0.5, 0.6) is 0 Å². The first-order chi connectivity index (χ1) is 12.8. The van der Waals surface area contributed by atoms with Crippen LogP contribution in [0.1, 0.15) is 35.7 Å². The van der Waals surface area contributed by atoms with E-state index in [1.807, 2.05) is 6.92 Å². The first kappa shape index (κ1) is 22.3. The highest BCUT2D eigenvalue weighted by molar-refractivity contribution is 9.11. The molecule has 1 rings (SSSR count). The predicted molar refractivity (Wildman–Crippen MR) is 106 cm³/mol. The molecule has 27 heavy (non-hydrogen) atoms. The molecule has 0 bridgehead atoms. The van der Waals surface area contributed by atoms with Crippen molar-refractivity contribution in [2.45, 2.75) is 19.8 Å². The molecule has 0 aliphatic rings. The van der Waals surface area contributed by atoms with Crippen molar-refractivity contribution in [1.82, 2.24) is 5.32 Å². The van der Waals surface area contributed by atoms with E-state index in [4.69, 9.17) is 5.26 Å². The Morgan fingerprint density at radius 1 is 1.33 bits per heavy atom. The molecule has 0 aromatic heterocycles. The van der Waals surface area contributed by atoms with Crippen LogP contribution in [0, 0.1) is 0 Å². The van der Waals surface area contributed by atoms with Gasteiger partial charge >= 0.3 is 5.97 Å². The van der Waals surface area contributed by atoms with Crippen molar-refractivity contribution in [3.05, 3.63) is 69.9 Å². The molecule has 1 unspecified atom stereocenters. The molecule has 1 atom stereocenters. The number of oxime groups is 1. The van der Waals surface area contributed by atoms with Crippen LogP contribution >= 0.6 is 15.9 Å². The second-order valence-corrected chi connectivity index (χ2v) is 6.34. The standard InChI is InChI=1S/C19H21BrN2O5/c1-12(15-7-9-16(10-8-15)19(24)26-4)13(2)18(23)22-14(3)17(20)6-5-11-21-27-25/h5-12,25H,2H2,1,3-4H3,(H,22,23)/b6-5-,17-14-,21-11+. The molecule has 1 aromatic carbocycles. The summed E-state index contributed by atoms with van der Waals surface area (Å²) >= 11 is 3.32. The lowest BCUT2D eigenvalue weighted by atomic mass is 9.92. The zero-order valence-electron chi connectivity index (χ0n) is 15.2. The molecular formula is C19H21BrN2O5. The van der Waals surface area contributed by atoms with E-state index in [0.717, 1.165) is 5.56 Å². The Balaban J connectivity index is 2.80. The number of esters is 1. The second-order valence-electron chi connectivity index (χ2n) is 5.48. The first-order valence-electron chi connectivity index (χ1n) is 7.87. The van der Waals surface area contributed by atoms with Crippen molar-refractivity contribution in [3.8, 4) is 0 Å². The van der Waals surface area contributed by atoms with E-state index in [1.165, 1.54) is 19.4 Å². The van der Waals surface area contributed by atoms with Crippen LogP contribution in [0.3, 0.4) is 0 Å². The molecule has 0 aliphatic carbocycles. The van der Waals surface area contributed by atoms with Crippen LogP contribution in [-0.4, -0.2) is 30.5 Å². The summed E-state index contributed by atoms with van der Waals surface area (Å²) in [4.78, 5) is 27.5. The number of amides is 1. The Morgan fingerprint density at radius 2 is 1.96 bits per heavy atom. The fourth-order valence-corrected chi connectivity index (χ4v) is 2.30. The van der Waals surface area contributed by atoms with Gasteiger partial charge in [-0.3, -0.25) is 4.79 Å². The minimum absolute atomic E-state index is 0.243. The first-order valence-corrected chi connectivity index (χ1v) is 8.66. The zero-order valence-corrected chi connectivity index (χ0v) is 16.8. The van der Waals surface area contributed by atoms with Gasteiger partial charge in [0.2, 0.25) is 0 Å². The van der Waals surface area contributed by atoms with Crippen LogP contribution in [0.15, 0.2) is 63.9 Å². The third-order valence-electron chi connectivity index (χ3n) is 3.74. The van der Waals surface area contributed by atoms with Crippen molar-refractivity contribution in [2.75, 3.05) is 7.11 Å². The summed E-state index contributed by atoms with van der Waals surface area (Å²) in [5.41, 5.74) is 2.24. The van der Waals surface area contributed by atoms with Gasteiger partial charge in [0.15, 0.2) is 0 Å². The lowest BCUT2D eigenvalue weighted by molar-refractivity contribution is -0.242. The molecule has 0 aliphatic heterocycles. The van der Waals surface area contributed by atoms with Gasteiger partial charge in [-0.15, -0.1) is 0 Å². The van der Waals surface area contributed by atoms with Crippen LogP contribution in [0.25, 0.3) is 0 Å². The number of carbonyl (C=O) groups excluding carboxylic acids is 2. The molecule has 7 nitrogen and oxygen atoms in total. The smallest absolute Gasteiger partial charge is 0.337 e. The van der Waals surface area contributed by atoms with E-state index < -0.39 is 5.97 Å². The number of rotatable bonds is 8. The Labute approximate surface area is 166 Å². The SMILES string of the molecule is C=C(C(=O)N/C(C)=C(Br)/C=C\C=N\OO)C(C)c1ccc(C(=O)OC)cc1. The highest BCUT2D eigenvalue weighted by atomic mass is 79.9. The summed E-state index contributed by atoms with van der Waals surface area (Å²) in [7, 11) is 1.32. The summed E-state index contributed by atoms with van der Waals surface area (Å²) in [6.07, 6.45) is 4.36. The molecule has 0 spiro atoms. The molecule has 0 fully saturated rings. The fourth-order valence-electron chi connectivity index (χ4n) is 2.05. The number of allylic oxidation sites excluding steroid dienone is 4. The van der Waals surface area contributed by atoms with E-state index in [2.05, 4.69) is 42.7 Å². The number of hydrogen-bond donors (Lipinski definition) is 2. The number of hydrogen-bond acceptors (Lipinski definition) is 6. The lowest BCUT2D eigenvalue weighted by Crippen LogP contribution is -2.25. The van der Waals surface area contributed by atoms with Gasteiger partial charge < -0.3 is 10.1 Å². The van der Waals surface area contributed by atoms with Crippen molar-refractivity contribution < 1.29 is 24.6 Å². The van der Waals surface area contributed by atoms with Gasteiger partial charge in [-0.25, -0.2) is 9.78 Å². The van der Waals surface area contributed by atoms with Gasteiger partial charge in [0, 0.05) is 21.7 Å². The van der Waals surface area contributed by atoms with Crippen molar-refractivity contribution in [1.29, 1.82) is 0 Å². The summed E-state index contributed by atoms with van der Waals surface area (Å²) < 4.78 is 5.28. The number of ether oxygens (including phenoxy) is 1. The monoisotopic (exact) mass is 436 g/mol. The number of benzene rings is 1. The van der Waals surface area contributed by atoms with Crippen molar-refractivity contribution in [3.63, 3.8) is 0 Å². The maximum Gasteiger partial charge on any atom is 0.337 e. The Bertz CT molecular complexity index is 782. The summed E-state index contributed by atoms with van der Waals surface area (Å²) in [6.45, 7) is 7.45. The fraction of sp³-hybridized carbons (Fsp3) is 0.211. The predicted octanol–water partition coefficient (Wildman–Crippen LogP) is 3.91. The van der Waals surface area contributed by atoms with E-state index in [0.29, 0.717) is 21.3 Å². The topological polar surface area (TPSA) is 97.2 Å². The van der Waals surface area contributed by atoms with Gasteiger partial charge in [-0.2, -0.15) is 5.26 Å². The van der Waals surface area contributed by atoms with Crippen molar-refractivity contribution >= 4 is 34.0 Å². The Kier molecular flexibility index (Phi) is 9.18. The summed E-state index contributed by atoms with van der Waals surface area (Å²) in [5.74, 6) is -0.984. The zero-order chi connectivity index (χ0) is 20.4. The molecule has 8 heteroatoms. The molecule has 144 valence electrons. The average molecular weight is 437 g/mol. The van der Waals surface area contributed by atoms with Crippen LogP contribution in [-0.2, 0) is 14.5 Å². The third kappa shape index (κ3) is 6.84. The number of carbonyl (C=O) groups is 2.